The molecule has 0 bridgehead atoms. The fourth-order valence-electron chi connectivity index (χ4n) is 3.94. The smallest absolute Gasteiger partial charge is 0.254 e. The van der Waals surface area contributed by atoms with E-state index in [0.717, 1.165) is 12.1 Å². The fraction of sp³-hybridized carbons (Fsp3) is 0.250. The van der Waals surface area contributed by atoms with Gasteiger partial charge < -0.3 is 20.5 Å². The molecule has 1 aliphatic rings. The summed E-state index contributed by atoms with van der Waals surface area (Å²) < 4.78 is 29.0. The zero-order valence-corrected chi connectivity index (χ0v) is 17.4. The van der Waals surface area contributed by atoms with Crippen LogP contribution in [0.1, 0.15) is 28.8 Å². The van der Waals surface area contributed by atoms with Crippen molar-refractivity contribution in [3.8, 4) is 5.69 Å². The predicted octanol–water partition coefficient (Wildman–Crippen LogP) is 2.92. The third-order valence-corrected chi connectivity index (χ3v) is 5.73. The maximum Gasteiger partial charge on any atom is 0.254 e. The Bertz CT molecular complexity index is 1110. The highest BCUT2D eigenvalue weighted by atomic mass is 19.1. The van der Waals surface area contributed by atoms with E-state index in [1.807, 2.05) is 41.2 Å². The SMILES string of the molecule is O=C(NC1(C(=O)NCc2ccc(F)cc2F)CCNCC1)c1ccccc1-n1cccc1. The number of carbonyl (C=O) groups excluding carboxylic acids is 2. The quantitative estimate of drug-likeness (QED) is 0.554. The Kier molecular flexibility index (Phi) is 6.32. The number of amides is 2. The van der Waals surface area contributed by atoms with Crippen LogP contribution in [0.2, 0.25) is 0 Å². The summed E-state index contributed by atoms with van der Waals surface area (Å²) in [6, 6.07) is 14.1. The van der Waals surface area contributed by atoms with Gasteiger partial charge in [0, 0.05) is 30.6 Å². The Balaban J connectivity index is 1.54. The molecule has 1 aliphatic heterocycles. The Morgan fingerprint density at radius 2 is 1.72 bits per heavy atom. The second-order valence-electron chi connectivity index (χ2n) is 7.81. The van der Waals surface area contributed by atoms with E-state index in [2.05, 4.69) is 16.0 Å². The number of carbonyl (C=O) groups is 2. The van der Waals surface area contributed by atoms with Crippen LogP contribution in [-0.2, 0) is 11.3 Å². The van der Waals surface area contributed by atoms with E-state index in [4.69, 9.17) is 0 Å². The van der Waals surface area contributed by atoms with Crippen molar-refractivity contribution in [1.29, 1.82) is 0 Å². The molecule has 2 amide bonds. The summed E-state index contributed by atoms with van der Waals surface area (Å²) in [6.45, 7) is 1.01. The summed E-state index contributed by atoms with van der Waals surface area (Å²) in [5.41, 5.74) is 0.183. The van der Waals surface area contributed by atoms with Crippen molar-refractivity contribution in [2.45, 2.75) is 24.9 Å². The van der Waals surface area contributed by atoms with Crippen molar-refractivity contribution in [3.05, 3.63) is 89.8 Å². The molecule has 166 valence electrons. The fourth-order valence-corrected chi connectivity index (χ4v) is 3.94. The number of hydrogen-bond acceptors (Lipinski definition) is 3. The monoisotopic (exact) mass is 438 g/mol. The Labute approximate surface area is 184 Å². The zero-order chi connectivity index (χ0) is 22.6. The number of para-hydroxylation sites is 1. The number of rotatable bonds is 6. The number of benzene rings is 2. The van der Waals surface area contributed by atoms with Crippen LogP contribution in [0.15, 0.2) is 67.0 Å². The van der Waals surface area contributed by atoms with Gasteiger partial charge in [-0.05, 0) is 56.3 Å². The first-order valence-corrected chi connectivity index (χ1v) is 10.5. The van der Waals surface area contributed by atoms with Crippen LogP contribution in [-0.4, -0.2) is 35.0 Å². The molecule has 3 aromatic rings. The first-order chi connectivity index (χ1) is 15.5. The molecule has 0 aliphatic carbocycles. The summed E-state index contributed by atoms with van der Waals surface area (Å²) in [5.74, 6) is -2.16. The molecule has 0 unspecified atom stereocenters. The minimum absolute atomic E-state index is 0.101. The molecular weight excluding hydrogens is 414 g/mol. The van der Waals surface area contributed by atoms with Gasteiger partial charge in [0.15, 0.2) is 0 Å². The normalized spacial score (nSPS) is 15.2. The molecule has 2 heterocycles. The van der Waals surface area contributed by atoms with Gasteiger partial charge in [0.25, 0.3) is 5.91 Å². The highest BCUT2D eigenvalue weighted by Crippen LogP contribution is 2.22. The van der Waals surface area contributed by atoms with E-state index in [1.165, 1.54) is 6.07 Å². The highest BCUT2D eigenvalue weighted by Gasteiger charge is 2.41. The van der Waals surface area contributed by atoms with Gasteiger partial charge in [-0.2, -0.15) is 0 Å². The molecule has 2 aromatic carbocycles. The third-order valence-electron chi connectivity index (χ3n) is 5.73. The second kappa shape index (κ2) is 9.32. The number of nitrogens with zero attached hydrogens (tertiary/aromatic N) is 1. The van der Waals surface area contributed by atoms with Gasteiger partial charge in [-0.25, -0.2) is 8.78 Å². The van der Waals surface area contributed by atoms with Gasteiger partial charge in [0.05, 0.1) is 11.3 Å². The van der Waals surface area contributed by atoms with Crippen LogP contribution >= 0.6 is 0 Å². The Morgan fingerprint density at radius 1 is 1.00 bits per heavy atom. The topological polar surface area (TPSA) is 75.2 Å². The lowest BCUT2D eigenvalue weighted by atomic mass is 9.86. The first kappa shape index (κ1) is 21.7. The molecule has 4 rings (SSSR count). The Morgan fingerprint density at radius 3 is 2.44 bits per heavy atom. The van der Waals surface area contributed by atoms with Crippen molar-refractivity contribution >= 4 is 11.8 Å². The summed E-state index contributed by atoms with van der Waals surface area (Å²) in [4.78, 5) is 26.5. The lowest BCUT2D eigenvalue weighted by molar-refractivity contribution is -0.128. The Hall–Kier alpha value is -3.52. The van der Waals surface area contributed by atoms with E-state index in [0.29, 0.717) is 37.2 Å². The van der Waals surface area contributed by atoms with E-state index in [1.54, 1.807) is 12.1 Å². The largest absolute Gasteiger partial charge is 0.350 e. The van der Waals surface area contributed by atoms with Gasteiger partial charge in [-0.3, -0.25) is 9.59 Å². The maximum atomic E-state index is 14.0. The van der Waals surface area contributed by atoms with Crippen LogP contribution in [0, 0.1) is 11.6 Å². The number of nitrogens with one attached hydrogen (secondary N) is 3. The molecule has 3 N–H and O–H groups in total. The minimum atomic E-state index is -1.14. The molecule has 8 heteroatoms. The third kappa shape index (κ3) is 4.55. The van der Waals surface area contributed by atoms with Gasteiger partial charge in [0.1, 0.15) is 17.2 Å². The standard InChI is InChI=1S/C24H24F2N4O2/c25-18-8-7-17(20(26)15-18)16-28-23(32)24(9-11-27-12-10-24)29-22(31)19-5-1-2-6-21(19)30-13-3-4-14-30/h1-8,13-15,27H,9-12,16H2,(H,28,32)(H,29,31). The van der Waals surface area contributed by atoms with Gasteiger partial charge in [0.2, 0.25) is 5.91 Å². The molecule has 1 fully saturated rings. The molecule has 1 aromatic heterocycles. The molecule has 0 radical (unpaired) electrons. The summed E-state index contributed by atoms with van der Waals surface area (Å²) in [5, 5.41) is 8.87. The zero-order valence-electron chi connectivity index (χ0n) is 17.4. The van der Waals surface area contributed by atoms with E-state index < -0.39 is 23.1 Å². The number of halogens is 2. The van der Waals surface area contributed by atoms with Crippen molar-refractivity contribution < 1.29 is 18.4 Å². The number of piperidine rings is 1. The van der Waals surface area contributed by atoms with Crippen molar-refractivity contribution in [2.24, 2.45) is 0 Å². The molecule has 0 saturated carbocycles. The van der Waals surface area contributed by atoms with Crippen molar-refractivity contribution in [1.82, 2.24) is 20.5 Å². The summed E-state index contributed by atoms with van der Waals surface area (Å²) in [7, 11) is 0. The molecule has 0 atom stereocenters. The molecule has 1 saturated heterocycles. The van der Waals surface area contributed by atoms with Crippen LogP contribution in [0.3, 0.4) is 0 Å². The van der Waals surface area contributed by atoms with Gasteiger partial charge >= 0.3 is 0 Å². The maximum absolute atomic E-state index is 14.0. The van der Waals surface area contributed by atoms with Crippen LogP contribution in [0.5, 0.6) is 0 Å². The number of aromatic nitrogens is 1. The second-order valence-corrected chi connectivity index (χ2v) is 7.81. The lowest BCUT2D eigenvalue weighted by Crippen LogP contribution is -2.62. The molecule has 0 spiro atoms. The van der Waals surface area contributed by atoms with E-state index in [-0.39, 0.29) is 18.0 Å². The molecule has 6 nitrogen and oxygen atoms in total. The van der Waals surface area contributed by atoms with E-state index in [9.17, 15) is 18.4 Å². The van der Waals surface area contributed by atoms with Crippen LogP contribution in [0.4, 0.5) is 8.78 Å². The average Bonchev–Trinajstić information content (AvgIpc) is 3.34. The first-order valence-electron chi connectivity index (χ1n) is 10.5. The number of hydrogen-bond donors (Lipinski definition) is 3. The highest BCUT2D eigenvalue weighted by molar-refractivity contribution is 6.01. The van der Waals surface area contributed by atoms with Crippen molar-refractivity contribution in [2.75, 3.05) is 13.1 Å². The average molecular weight is 438 g/mol. The minimum Gasteiger partial charge on any atom is -0.350 e. The lowest BCUT2D eigenvalue weighted by Gasteiger charge is -2.37. The summed E-state index contributed by atoms with van der Waals surface area (Å²) in [6.07, 6.45) is 4.47. The summed E-state index contributed by atoms with van der Waals surface area (Å²) >= 11 is 0. The van der Waals surface area contributed by atoms with Gasteiger partial charge in [-0.15, -0.1) is 0 Å². The van der Waals surface area contributed by atoms with Crippen molar-refractivity contribution in [3.63, 3.8) is 0 Å². The van der Waals surface area contributed by atoms with Crippen LogP contribution in [0.25, 0.3) is 5.69 Å². The predicted molar refractivity (Wildman–Crippen MR) is 116 cm³/mol. The van der Waals surface area contributed by atoms with E-state index >= 15 is 0 Å². The molecular formula is C24H24F2N4O2. The van der Waals surface area contributed by atoms with Gasteiger partial charge in [-0.1, -0.05) is 18.2 Å². The molecule has 32 heavy (non-hydrogen) atoms. The van der Waals surface area contributed by atoms with Crippen LogP contribution < -0.4 is 16.0 Å².